The van der Waals surface area contributed by atoms with Gasteiger partial charge >= 0.3 is 6.03 Å². The van der Waals surface area contributed by atoms with E-state index in [1.165, 1.54) is 0 Å². The van der Waals surface area contributed by atoms with Crippen molar-refractivity contribution < 1.29 is 14.4 Å². The molecule has 176 valence electrons. The quantitative estimate of drug-likeness (QED) is 0.427. The number of anilines is 3. The van der Waals surface area contributed by atoms with Crippen LogP contribution in [-0.2, 0) is 11.2 Å². The highest BCUT2D eigenvalue weighted by atomic mass is 32.1. The fourth-order valence-corrected chi connectivity index (χ4v) is 5.43. The zero-order valence-electron chi connectivity index (χ0n) is 20.0. The van der Waals surface area contributed by atoms with Crippen molar-refractivity contribution in [3.63, 3.8) is 0 Å². The first kappa shape index (κ1) is 23.6. The Balaban J connectivity index is 1.44. The Bertz CT molecular complexity index is 1290. The molecule has 0 saturated carbocycles. The molecule has 1 unspecified atom stereocenters. The van der Waals surface area contributed by atoms with Gasteiger partial charge in [-0.3, -0.25) is 14.9 Å². The molecular formula is C26H28N4O3S. The second kappa shape index (κ2) is 9.38. The van der Waals surface area contributed by atoms with Crippen LogP contribution in [0, 0.1) is 27.7 Å². The number of aryl methyl sites for hydroxylation is 5. The van der Waals surface area contributed by atoms with Crippen LogP contribution >= 0.6 is 11.3 Å². The monoisotopic (exact) mass is 476 g/mol. The lowest BCUT2D eigenvalue weighted by atomic mass is 9.97. The smallest absolute Gasteiger partial charge is 0.321 e. The van der Waals surface area contributed by atoms with Crippen LogP contribution < -0.4 is 16.0 Å². The fourth-order valence-electron chi connectivity index (χ4n) is 4.57. The molecule has 0 spiro atoms. The van der Waals surface area contributed by atoms with E-state index < -0.39 is 6.03 Å². The van der Waals surface area contributed by atoms with Crippen LogP contribution in [0.5, 0.6) is 0 Å². The molecule has 1 heterocycles. The van der Waals surface area contributed by atoms with Gasteiger partial charge in [0.15, 0.2) is 5.13 Å². The lowest BCUT2D eigenvalue weighted by Crippen LogP contribution is -2.19. The van der Waals surface area contributed by atoms with Gasteiger partial charge in [0, 0.05) is 17.3 Å². The maximum absolute atomic E-state index is 12.9. The van der Waals surface area contributed by atoms with Crippen molar-refractivity contribution in [2.45, 2.75) is 53.4 Å². The lowest BCUT2D eigenvalue weighted by Gasteiger charge is -2.12. The molecule has 1 aliphatic rings. The first-order valence-electron chi connectivity index (χ1n) is 11.2. The predicted octanol–water partition coefficient (Wildman–Crippen LogP) is 5.89. The molecule has 3 amide bonds. The van der Waals surface area contributed by atoms with Gasteiger partial charge in [-0.1, -0.05) is 35.1 Å². The maximum atomic E-state index is 12.9. The van der Waals surface area contributed by atoms with E-state index in [1.54, 1.807) is 13.8 Å². The number of hydrogen-bond donors (Lipinski definition) is 3. The Hall–Kier alpha value is -3.52. The molecule has 3 aromatic rings. The van der Waals surface area contributed by atoms with Gasteiger partial charge in [0.05, 0.1) is 5.69 Å². The number of carbonyl (C=O) groups excluding carboxylic acids is 3. The number of fused-ring (bicyclic) bond motifs is 1. The van der Waals surface area contributed by atoms with Crippen molar-refractivity contribution in [3.8, 4) is 0 Å². The van der Waals surface area contributed by atoms with Gasteiger partial charge in [0.2, 0.25) is 0 Å². The normalized spacial score (nSPS) is 14.4. The summed E-state index contributed by atoms with van der Waals surface area (Å²) in [6.07, 6.45) is 1.68. The van der Waals surface area contributed by atoms with Crippen molar-refractivity contribution in [2.24, 2.45) is 0 Å². The highest BCUT2D eigenvalue weighted by molar-refractivity contribution is 7.17. The first-order chi connectivity index (χ1) is 16.1. The number of benzene rings is 2. The zero-order valence-corrected chi connectivity index (χ0v) is 20.8. The third kappa shape index (κ3) is 4.87. The van der Waals surface area contributed by atoms with Gasteiger partial charge in [-0.2, -0.15) is 0 Å². The van der Waals surface area contributed by atoms with Crippen LogP contribution in [0.15, 0.2) is 30.3 Å². The van der Waals surface area contributed by atoms with E-state index in [-0.39, 0.29) is 17.6 Å². The number of ketones is 1. The number of carbonyl (C=O) groups is 3. The second-order valence-electron chi connectivity index (χ2n) is 8.86. The number of nitrogens with one attached hydrogen (secondary N) is 3. The molecule has 4 rings (SSSR count). The maximum Gasteiger partial charge on any atom is 0.325 e. The van der Waals surface area contributed by atoms with E-state index in [2.05, 4.69) is 20.9 Å². The van der Waals surface area contributed by atoms with E-state index in [1.807, 2.05) is 51.1 Å². The molecular weight excluding hydrogens is 448 g/mol. The van der Waals surface area contributed by atoms with Crippen LogP contribution in [0.1, 0.15) is 62.4 Å². The molecule has 0 saturated heterocycles. The van der Waals surface area contributed by atoms with Crippen LogP contribution in [0.2, 0.25) is 0 Å². The predicted molar refractivity (Wildman–Crippen MR) is 136 cm³/mol. The van der Waals surface area contributed by atoms with E-state index in [9.17, 15) is 14.4 Å². The highest BCUT2D eigenvalue weighted by Crippen LogP contribution is 2.35. The van der Waals surface area contributed by atoms with Crippen LogP contribution in [0.25, 0.3) is 0 Å². The molecule has 7 nitrogen and oxygen atoms in total. The summed E-state index contributed by atoms with van der Waals surface area (Å²) in [5.41, 5.74) is 7.20. The molecule has 3 N–H and O–H groups in total. The standard InChI is InChI=1S/C26H28N4O3S/c1-13-10-14(2)22(15(3)11-13)29-24(32)23-16(4)27-26(34-23)30-25(33)28-19-8-6-18-7-9-20(17(5)31)21(18)12-19/h6,8,10-12,20H,7,9H2,1-5H3,(H,29,32)(H2,27,28,30,33). The number of hydrogen-bond acceptors (Lipinski definition) is 5. The average Bonchev–Trinajstić information content (AvgIpc) is 3.33. The van der Waals surface area contributed by atoms with Crippen LogP contribution in [-0.4, -0.2) is 22.7 Å². The SMILES string of the molecule is CC(=O)C1CCc2ccc(NC(=O)Nc3nc(C)c(C(=O)Nc4c(C)cc(C)cc4C)s3)cc21. The average molecular weight is 477 g/mol. The number of urea groups is 1. The second-order valence-corrected chi connectivity index (χ2v) is 9.86. The van der Waals surface area contributed by atoms with Crippen molar-refractivity contribution >= 4 is 45.6 Å². The van der Waals surface area contributed by atoms with Crippen LogP contribution in [0.4, 0.5) is 21.3 Å². The number of rotatable bonds is 5. The summed E-state index contributed by atoms with van der Waals surface area (Å²) in [6.45, 7) is 9.29. The highest BCUT2D eigenvalue weighted by Gasteiger charge is 2.26. The number of Topliss-reactive ketones (excluding diaryl/α,β-unsaturated/α-hetero) is 1. The number of thiazole rings is 1. The minimum atomic E-state index is -0.455. The van der Waals surface area contributed by atoms with Crippen molar-refractivity contribution in [3.05, 3.63) is 68.7 Å². The Kier molecular flexibility index (Phi) is 6.52. The molecule has 1 atom stereocenters. The molecule has 0 aliphatic heterocycles. The van der Waals surface area contributed by atoms with Gasteiger partial charge < -0.3 is 10.6 Å². The van der Waals surface area contributed by atoms with Crippen molar-refractivity contribution in [2.75, 3.05) is 16.0 Å². The molecule has 1 aromatic heterocycles. The Morgan fingerprint density at radius 3 is 2.35 bits per heavy atom. The summed E-state index contributed by atoms with van der Waals surface area (Å²) in [6, 6.07) is 9.25. The van der Waals surface area contributed by atoms with Crippen molar-refractivity contribution in [1.29, 1.82) is 0 Å². The minimum absolute atomic E-state index is 0.108. The summed E-state index contributed by atoms with van der Waals surface area (Å²) in [4.78, 5) is 42.2. The van der Waals surface area contributed by atoms with Crippen LogP contribution in [0.3, 0.4) is 0 Å². The Morgan fingerprint density at radius 2 is 1.68 bits per heavy atom. The summed E-state index contributed by atoms with van der Waals surface area (Å²) in [5.74, 6) is -0.226. The number of nitrogens with zero attached hydrogens (tertiary/aromatic N) is 1. The van der Waals surface area contributed by atoms with Crippen molar-refractivity contribution in [1.82, 2.24) is 4.98 Å². The fraction of sp³-hybridized carbons (Fsp3) is 0.308. The summed E-state index contributed by atoms with van der Waals surface area (Å²) < 4.78 is 0. The molecule has 0 bridgehead atoms. The zero-order chi connectivity index (χ0) is 24.6. The molecule has 0 radical (unpaired) electrons. The Labute approximate surface area is 203 Å². The summed E-state index contributed by atoms with van der Waals surface area (Å²) in [7, 11) is 0. The van der Waals surface area contributed by atoms with Gasteiger partial charge in [-0.15, -0.1) is 0 Å². The first-order valence-corrected chi connectivity index (χ1v) is 12.0. The molecule has 1 aliphatic carbocycles. The number of amides is 3. The summed E-state index contributed by atoms with van der Waals surface area (Å²) in [5, 5.41) is 8.83. The Morgan fingerprint density at radius 1 is 0.971 bits per heavy atom. The van der Waals surface area contributed by atoms with Gasteiger partial charge in [-0.05, 0) is 81.8 Å². The molecule has 8 heteroatoms. The topological polar surface area (TPSA) is 100 Å². The largest absolute Gasteiger partial charge is 0.325 e. The third-order valence-corrected chi connectivity index (χ3v) is 7.18. The van der Waals surface area contributed by atoms with E-state index in [0.29, 0.717) is 21.4 Å². The van der Waals surface area contributed by atoms with E-state index in [0.717, 1.165) is 57.7 Å². The minimum Gasteiger partial charge on any atom is -0.321 e. The third-order valence-electron chi connectivity index (χ3n) is 6.11. The molecule has 0 fully saturated rings. The molecule has 34 heavy (non-hydrogen) atoms. The molecule has 2 aromatic carbocycles. The van der Waals surface area contributed by atoms with E-state index >= 15 is 0 Å². The lowest BCUT2D eigenvalue weighted by molar-refractivity contribution is -0.118. The number of aromatic nitrogens is 1. The van der Waals surface area contributed by atoms with Gasteiger partial charge in [-0.25, -0.2) is 9.78 Å². The summed E-state index contributed by atoms with van der Waals surface area (Å²) >= 11 is 1.13. The van der Waals surface area contributed by atoms with Gasteiger partial charge in [0.1, 0.15) is 10.7 Å². The van der Waals surface area contributed by atoms with Gasteiger partial charge in [0.25, 0.3) is 5.91 Å². The van der Waals surface area contributed by atoms with E-state index in [4.69, 9.17) is 0 Å².